The number of sulfonamides is 1. The quantitative estimate of drug-likeness (QED) is 0.732. The van der Waals surface area contributed by atoms with Gasteiger partial charge >= 0.3 is 5.97 Å². The van der Waals surface area contributed by atoms with Crippen LogP contribution in [-0.2, 0) is 16.6 Å². The number of aromatic amines is 1. The van der Waals surface area contributed by atoms with E-state index in [4.69, 9.17) is 5.11 Å². The van der Waals surface area contributed by atoms with E-state index >= 15 is 0 Å². The van der Waals surface area contributed by atoms with E-state index in [0.29, 0.717) is 0 Å². The summed E-state index contributed by atoms with van der Waals surface area (Å²) in [6.45, 7) is 1.82. The van der Waals surface area contributed by atoms with Crippen molar-refractivity contribution in [3.05, 3.63) is 27.8 Å². The van der Waals surface area contributed by atoms with Crippen molar-refractivity contribution in [2.45, 2.75) is 18.5 Å². The van der Waals surface area contributed by atoms with E-state index in [1.165, 1.54) is 11.3 Å². The number of carboxylic acid groups (broad SMARTS) is 1. The Morgan fingerprint density at radius 3 is 2.89 bits per heavy atom. The second-order valence-electron chi connectivity index (χ2n) is 3.60. The number of aromatic carboxylic acids is 1. The third-order valence-corrected chi connectivity index (χ3v) is 4.68. The van der Waals surface area contributed by atoms with E-state index in [1.807, 2.05) is 0 Å². The van der Waals surface area contributed by atoms with Gasteiger partial charge < -0.3 is 5.11 Å². The number of hydrogen-bond acceptors (Lipinski definition) is 6. The lowest BCUT2D eigenvalue weighted by atomic mass is 10.4. The van der Waals surface area contributed by atoms with Crippen molar-refractivity contribution < 1.29 is 18.3 Å². The molecule has 0 aliphatic carbocycles. The van der Waals surface area contributed by atoms with Crippen molar-refractivity contribution in [3.63, 3.8) is 0 Å². The predicted molar refractivity (Wildman–Crippen MR) is 66.4 cm³/mol. The first-order valence-electron chi connectivity index (χ1n) is 5.07. The summed E-state index contributed by atoms with van der Waals surface area (Å²) in [6.07, 6.45) is 0.953. The fraction of sp³-hybridized carbons (Fsp3) is 0.222. The van der Waals surface area contributed by atoms with Crippen LogP contribution in [0.25, 0.3) is 0 Å². The Balaban J connectivity index is 2.21. The van der Waals surface area contributed by atoms with Gasteiger partial charge in [0.1, 0.15) is 5.56 Å². The standard InChI is InChI=1S/C9H10N4O4S2/c1-5-7(18-4-10-5)3-12-19(16,17)8-6(9(14)15)2-11-13-8/h2,4,12H,3H2,1H3,(H,11,13)(H,14,15). The third-order valence-electron chi connectivity index (χ3n) is 2.37. The SMILES string of the molecule is Cc1ncsc1CNS(=O)(=O)c1[nH]ncc1C(=O)O. The van der Waals surface area contributed by atoms with Crippen molar-refractivity contribution in [2.24, 2.45) is 0 Å². The molecule has 2 heterocycles. The zero-order chi connectivity index (χ0) is 14.0. The van der Waals surface area contributed by atoms with Crippen LogP contribution in [0.5, 0.6) is 0 Å². The lowest BCUT2D eigenvalue weighted by Crippen LogP contribution is -2.25. The second-order valence-corrected chi connectivity index (χ2v) is 6.25. The average Bonchev–Trinajstić information content (AvgIpc) is 2.95. The predicted octanol–water partition coefficient (Wildman–Crippen LogP) is 0.351. The molecule has 102 valence electrons. The first kappa shape index (κ1) is 13.6. The maximum absolute atomic E-state index is 12.0. The first-order chi connectivity index (χ1) is 8.92. The number of nitrogens with one attached hydrogen (secondary N) is 2. The van der Waals surface area contributed by atoms with Gasteiger partial charge in [-0.2, -0.15) is 5.10 Å². The number of rotatable bonds is 5. The van der Waals surface area contributed by atoms with Crippen LogP contribution in [0.1, 0.15) is 20.9 Å². The minimum atomic E-state index is -3.96. The molecule has 0 fully saturated rings. The largest absolute Gasteiger partial charge is 0.478 e. The van der Waals surface area contributed by atoms with Gasteiger partial charge in [-0.05, 0) is 6.92 Å². The normalized spacial score (nSPS) is 11.6. The van der Waals surface area contributed by atoms with Crippen LogP contribution in [0.4, 0.5) is 0 Å². The number of aromatic nitrogens is 3. The first-order valence-corrected chi connectivity index (χ1v) is 7.43. The van der Waals surface area contributed by atoms with Crippen molar-refractivity contribution in [1.29, 1.82) is 0 Å². The lowest BCUT2D eigenvalue weighted by Gasteiger charge is -2.04. The smallest absolute Gasteiger partial charge is 0.340 e. The number of carboxylic acids is 1. The van der Waals surface area contributed by atoms with Gasteiger partial charge in [0.15, 0.2) is 5.03 Å². The molecule has 2 rings (SSSR count). The average molecular weight is 302 g/mol. The van der Waals surface area contributed by atoms with Gasteiger partial charge in [0.05, 0.1) is 17.4 Å². The Hall–Kier alpha value is -1.78. The Labute approximate surface area is 112 Å². The number of nitrogens with zero attached hydrogens (tertiary/aromatic N) is 2. The molecular formula is C9H10N4O4S2. The lowest BCUT2D eigenvalue weighted by molar-refractivity contribution is 0.0692. The van der Waals surface area contributed by atoms with E-state index in [0.717, 1.165) is 16.8 Å². The summed E-state index contributed by atoms with van der Waals surface area (Å²) in [4.78, 5) is 15.6. The van der Waals surface area contributed by atoms with Gasteiger partial charge in [-0.3, -0.25) is 5.10 Å². The molecule has 0 amide bonds. The van der Waals surface area contributed by atoms with E-state index in [-0.39, 0.29) is 6.54 Å². The molecule has 0 saturated heterocycles. The summed E-state index contributed by atoms with van der Waals surface area (Å²) in [7, 11) is -3.96. The topological polar surface area (TPSA) is 125 Å². The molecule has 10 heteroatoms. The highest BCUT2D eigenvalue weighted by Crippen LogP contribution is 2.15. The van der Waals surface area contributed by atoms with Crippen LogP contribution in [-0.4, -0.2) is 34.7 Å². The molecule has 19 heavy (non-hydrogen) atoms. The summed E-state index contributed by atoms with van der Waals surface area (Å²) in [5.74, 6) is -1.36. The number of aryl methyl sites for hydroxylation is 1. The van der Waals surface area contributed by atoms with E-state index in [1.54, 1.807) is 12.4 Å². The van der Waals surface area contributed by atoms with Gasteiger partial charge in [-0.1, -0.05) is 0 Å². The van der Waals surface area contributed by atoms with Gasteiger partial charge in [0, 0.05) is 11.4 Å². The molecule has 2 aromatic heterocycles. The van der Waals surface area contributed by atoms with Crippen LogP contribution in [0.2, 0.25) is 0 Å². The zero-order valence-electron chi connectivity index (χ0n) is 9.74. The van der Waals surface area contributed by atoms with Gasteiger partial charge in [0.2, 0.25) is 0 Å². The number of hydrogen-bond donors (Lipinski definition) is 3. The van der Waals surface area contributed by atoms with Gasteiger partial charge in [-0.15, -0.1) is 11.3 Å². The van der Waals surface area contributed by atoms with Crippen molar-refractivity contribution in [3.8, 4) is 0 Å². The van der Waals surface area contributed by atoms with Crippen molar-refractivity contribution >= 4 is 27.3 Å². The highest BCUT2D eigenvalue weighted by atomic mass is 32.2. The maximum Gasteiger partial charge on any atom is 0.340 e. The van der Waals surface area contributed by atoms with Crippen LogP contribution in [0.3, 0.4) is 0 Å². The molecule has 8 nitrogen and oxygen atoms in total. The summed E-state index contributed by atoms with van der Waals surface area (Å²) < 4.78 is 26.2. The van der Waals surface area contributed by atoms with Gasteiger partial charge in [0.25, 0.3) is 10.0 Å². The fourth-order valence-electron chi connectivity index (χ4n) is 1.36. The fourth-order valence-corrected chi connectivity index (χ4v) is 3.25. The zero-order valence-corrected chi connectivity index (χ0v) is 11.4. The monoisotopic (exact) mass is 302 g/mol. The highest BCUT2D eigenvalue weighted by molar-refractivity contribution is 7.89. The van der Waals surface area contributed by atoms with Crippen LogP contribution in [0, 0.1) is 6.92 Å². The molecule has 0 atom stereocenters. The van der Waals surface area contributed by atoms with Crippen molar-refractivity contribution in [2.75, 3.05) is 0 Å². The van der Waals surface area contributed by atoms with Crippen molar-refractivity contribution in [1.82, 2.24) is 19.9 Å². The van der Waals surface area contributed by atoms with Crippen LogP contribution >= 0.6 is 11.3 Å². The summed E-state index contributed by atoms with van der Waals surface area (Å²) in [6, 6.07) is 0. The molecule has 0 spiro atoms. The van der Waals surface area contributed by atoms with Crippen LogP contribution in [0.15, 0.2) is 16.7 Å². The Morgan fingerprint density at radius 2 is 2.32 bits per heavy atom. The molecule has 2 aromatic rings. The highest BCUT2D eigenvalue weighted by Gasteiger charge is 2.24. The molecule has 0 radical (unpaired) electrons. The molecule has 0 saturated carbocycles. The Kier molecular flexibility index (Phi) is 3.64. The van der Waals surface area contributed by atoms with E-state index < -0.39 is 26.6 Å². The summed E-state index contributed by atoms with van der Waals surface area (Å²) >= 11 is 1.32. The molecule has 0 unspecified atom stereocenters. The third kappa shape index (κ3) is 2.80. The number of carbonyl (C=O) groups is 1. The van der Waals surface area contributed by atoms with E-state index in [9.17, 15) is 13.2 Å². The molecule has 0 bridgehead atoms. The Morgan fingerprint density at radius 1 is 1.58 bits per heavy atom. The van der Waals surface area contributed by atoms with Gasteiger partial charge in [-0.25, -0.2) is 22.9 Å². The maximum atomic E-state index is 12.0. The van der Waals surface area contributed by atoms with E-state index in [2.05, 4.69) is 19.9 Å². The molecule has 3 N–H and O–H groups in total. The molecular weight excluding hydrogens is 292 g/mol. The summed E-state index contributed by atoms with van der Waals surface area (Å²) in [5.41, 5.74) is 1.95. The second kappa shape index (κ2) is 5.07. The molecule has 0 aromatic carbocycles. The molecule has 0 aliphatic heterocycles. The summed E-state index contributed by atoms with van der Waals surface area (Å²) in [5, 5.41) is 14.0. The molecule has 0 aliphatic rings. The number of thiazole rings is 1. The minimum Gasteiger partial charge on any atom is -0.478 e. The minimum absolute atomic E-state index is 0.0525. The van der Waals surface area contributed by atoms with Crippen LogP contribution < -0.4 is 4.72 Å². The number of H-pyrrole nitrogens is 1. The Bertz CT molecular complexity index is 703.